The molecule has 2 heteroatoms. The normalized spacial score (nSPS) is 10.0. The zero-order chi connectivity index (χ0) is 14.5. The first-order chi connectivity index (χ1) is 10.4. The molecule has 0 saturated heterocycles. The molecule has 0 unspecified atom stereocenters. The minimum Gasteiger partial charge on any atom is -0.197 e. The molecule has 3 rings (SSSR count). The summed E-state index contributed by atoms with van der Waals surface area (Å²) in [5.74, 6) is 0. The Morgan fingerprint density at radius 3 is 1.41 bits per heavy atom. The fourth-order valence-corrected chi connectivity index (χ4v) is 4.64. The van der Waals surface area contributed by atoms with Gasteiger partial charge in [0.25, 0.3) is 0 Å². The van der Waals surface area contributed by atoms with Crippen LogP contribution >= 0.6 is 21.4 Å². The Labute approximate surface area is 140 Å². The predicted octanol–water partition coefficient (Wildman–Crippen LogP) is 4.20. The maximum absolute atomic E-state index is 3.83. The molecule has 0 nitrogen and oxygen atoms in total. The van der Waals surface area contributed by atoms with Crippen LogP contribution in [-0.4, -0.2) is 0 Å². The third-order valence-electron chi connectivity index (χ3n) is 3.42. The first-order valence-electron chi connectivity index (χ1n) is 7.01. The molecule has 22 heavy (non-hydrogen) atoms. The molecule has 0 spiro atoms. The maximum Gasteiger partial charge on any atom is -0.0134 e. The summed E-state index contributed by atoms with van der Waals surface area (Å²) in [4.78, 5) is 0. The number of hydrogen-bond donors (Lipinski definition) is 0. The van der Waals surface area contributed by atoms with Crippen molar-refractivity contribution in [3.8, 4) is 0 Å². The quantitative estimate of drug-likeness (QED) is 0.632. The van der Waals surface area contributed by atoms with E-state index in [1.54, 1.807) is 0 Å². The lowest BCUT2D eigenvalue weighted by Gasteiger charge is -2.19. The predicted molar refractivity (Wildman–Crippen MR) is 106 cm³/mol. The van der Waals surface area contributed by atoms with E-state index >= 15 is 0 Å². The van der Waals surface area contributed by atoms with E-state index in [2.05, 4.69) is 91.5 Å². The van der Waals surface area contributed by atoms with Gasteiger partial charge in [0.1, 0.15) is 0 Å². The minimum absolute atomic E-state index is 0. The number of benzene rings is 3. The van der Waals surface area contributed by atoms with Crippen molar-refractivity contribution in [1.82, 2.24) is 0 Å². The Morgan fingerprint density at radius 1 is 0.591 bits per heavy atom. The van der Waals surface area contributed by atoms with Gasteiger partial charge in [-0.1, -0.05) is 97.6 Å². The van der Waals surface area contributed by atoms with E-state index in [1.165, 1.54) is 15.9 Å². The van der Waals surface area contributed by atoms with E-state index in [4.69, 9.17) is 0 Å². The van der Waals surface area contributed by atoms with E-state index in [0.29, 0.717) is 0 Å². The van der Waals surface area contributed by atoms with E-state index in [9.17, 15) is 0 Å². The average Bonchev–Trinajstić information content (AvgIpc) is 2.58. The highest BCUT2D eigenvalue weighted by atomic mass is 32.1. The SMILES string of the molecule is C=Cc1ccc(P(c2ccccc2)c2ccccc2)cc1.S. The Hall–Kier alpha value is -1.82. The highest BCUT2D eigenvalue weighted by Crippen LogP contribution is 2.32. The van der Waals surface area contributed by atoms with Crippen molar-refractivity contribution in [3.05, 3.63) is 97.1 Å². The third-order valence-corrected chi connectivity index (χ3v) is 5.86. The van der Waals surface area contributed by atoms with Gasteiger partial charge in [-0.15, -0.1) is 0 Å². The zero-order valence-electron chi connectivity index (χ0n) is 12.3. The van der Waals surface area contributed by atoms with Crippen molar-refractivity contribution in [2.75, 3.05) is 0 Å². The second-order valence-corrected chi connectivity index (χ2v) is 7.02. The van der Waals surface area contributed by atoms with Gasteiger partial charge >= 0.3 is 0 Å². The molecule has 0 amide bonds. The van der Waals surface area contributed by atoms with Crippen LogP contribution in [0, 0.1) is 0 Å². The van der Waals surface area contributed by atoms with Gasteiger partial charge < -0.3 is 0 Å². The van der Waals surface area contributed by atoms with E-state index < -0.39 is 7.92 Å². The van der Waals surface area contributed by atoms with Crippen LogP contribution in [0.15, 0.2) is 91.5 Å². The molecule has 0 aliphatic heterocycles. The summed E-state index contributed by atoms with van der Waals surface area (Å²) in [6, 6.07) is 30.2. The molecule has 0 fully saturated rings. The summed E-state index contributed by atoms with van der Waals surface area (Å²) in [5, 5.41) is 4.13. The second-order valence-electron chi connectivity index (χ2n) is 4.80. The van der Waals surface area contributed by atoms with Crippen LogP contribution in [0.4, 0.5) is 0 Å². The minimum atomic E-state index is -0.498. The molecular weight excluding hydrogens is 303 g/mol. The first kappa shape index (κ1) is 16.5. The van der Waals surface area contributed by atoms with Gasteiger partial charge in [-0.05, 0) is 29.4 Å². The number of rotatable bonds is 4. The largest absolute Gasteiger partial charge is 0.197 e. The van der Waals surface area contributed by atoms with Crippen LogP contribution in [0.5, 0.6) is 0 Å². The van der Waals surface area contributed by atoms with Crippen LogP contribution < -0.4 is 15.9 Å². The number of hydrogen-bond acceptors (Lipinski definition) is 0. The second kappa shape index (κ2) is 7.98. The van der Waals surface area contributed by atoms with Crippen molar-refractivity contribution in [1.29, 1.82) is 0 Å². The van der Waals surface area contributed by atoms with Crippen molar-refractivity contribution in [3.63, 3.8) is 0 Å². The van der Waals surface area contributed by atoms with Crippen LogP contribution in [-0.2, 0) is 0 Å². The van der Waals surface area contributed by atoms with Gasteiger partial charge in [0.05, 0.1) is 0 Å². The first-order valence-corrected chi connectivity index (χ1v) is 8.35. The summed E-state index contributed by atoms with van der Waals surface area (Å²) in [5.41, 5.74) is 1.16. The Balaban J connectivity index is 0.00000176. The Bertz CT molecular complexity index is 666. The van der Waals surface area contributed by atoms with E-state index in [0.717, 1.165) is 5.56 Å². The summed E-state index contributed by atoms with van der Waals surface area (Å²) in [6.07, 6.45) is 1.89. The molecule has 0 heterocycles. The standard InChI is InChI=1S/C20H17P.H2S/c1-2-17-13-15-20(16-14-17)21(18-9-5-3-6-10-18)19-11-7-4-8-12-19;/h2-16H,1H2;1H2. The summed E-state index contributed by atoms with van der Waals surface area (Å²) < 4.78 is 0. The van der Waals surface area contributed by atoms with Gasteiger partial charge in [0, 0.05) is 0 Å². The van der Waals surface area contributed by atoms with E-state index in [-0.39, 0.29) is 13.5 Å². The van der Waals surface area contributed by atoms with Crippen molar-refractivity contribution >= 4 is 43.4 Å². The van der Waals surface area contributed by atoms with Crippen molar-refractivity contribution in [2.24, 2.45) is 0 Å². The van der Waals surface area contributed by atoms with Crippen molar-refractivity contribution in [2.45, 2.75) is 0 Å². The van der Waals surface area contributed by atoms with Crippen LogP contribution in [0.3, 0.4) is 0 Å². The lowest BCUT2D eigenvalue weighted by molar-refractivity contribution is 1.70. The Morgan fingerprint density at radius 2 is 1.00 bits per heavy atom. The molecule has 0 bridgehead atoms. The smallest absolute Gasteiger partial charge is 0.0134 e. The fraction of sp³-hybridized carbons (Fsp3) is 0. The molecule has 3 aromatic carbocycles. The maximum atomic E-state index is 3.83. The molecule has 0 aliphatic carbocycles. The molecule has 0 saturated carbocycles. The Kier molecular flexibility index (Phi) is 6.00. The zero-order valence-corrected chi connectivity index (χ0v) is 14.2. The van der Waals surface area contributed by atoms with Crippen molar-refractivity contribution < 1.29 is 0 Å². The highest BCUT2D eigenvalue weighted by Gasteiger charge is 2.15. The van der Waals surface area contributed by atoms with E-state index in [1.807, 2.05) is 6.08 Å². The molecule has 3 aromatic rings. The molecule has 0 N–H and O–H groups in total. The molecule has 0 atom stereocenters. The molecular formula is C20H19PS. The van der Waals surface area contributed by atoms with Gasteiger partial charge in [0.2, 0.25) is 0 Å². The van der Waals surface area contributed by atoms with Gasteiger partial charge in [-0.2, -0.15) is 13.5 Å². The van der Waals surface area contributed by atoms with Gasteiger partial charge in [-0.3, -0.25) is 0 Å². The molecule has 110 valence electrons. The average molecular weight is 322 g/mol. The molecule has 0 aromatic heterocycles. The summed E-state index contributed by atoms with van der Waals surface area (Å²) >= 11 is 0. The van der Waals surface area contributed by atoms with Crippen LogP contribution in [0.25, 0.3) is 6.08 Å². The summed E-state index contributed by atoms with van der Waals surface area (Å²) in [6.45, 7) is 3.83. The lowest BCUT2D eigenvalue weighted by atomic mass is 10.2. The topological polar surface area (TPSA) is 0 Å². The summed E-state index contributed by atoms with van der Waals surface area (Å²) in [7, 11) is -0.498. The van der Waals surface area contributed by atoms with Gasteiger partial charge in [-0.25, -0.2) is 0 Å². The van der Waals surface area contributed by atoms with Gasteiger partial charge in [0.15, 0.2) is 0 Å². The van der Waals surface area contributed by atoms with Crippen LogP contribution in [0.2, 0.25) is 0 Å². The molecule has 0 radical (unpaired) electrons. The lowest BCUT2D eigenvalue weighted by Crippen LogP contribution is -2.20. The fourth-order valence-electron chi connectivity index (χ4n) is 2.36. The van der Waals surface area contributed by atoms with Crippen LogP contribution in [0.1, 0.15) is 5.56 Å². The molecule has 0 aliphatic rings. The highest BCUT2D eigenvalue weighted by molar-refractivity contribution is 7.79. The third kappa shape index (κ3) is 3.68. The monoisotopic (exact) mass is 322 g/mol.